The Hall–Kier alpha value is -7.94. The minimum absolute atomic E-state index is 0.183. The van der Waals surface area contributed by atoms with Gasteiger partial charge in [-0.25, -0.2) is 0 Å². The lowest BCUT2D eigenvalue weighted by molar-refractivity contribution is 0.669. The van der Waals surface area contributed by atoms with Crippen LogP contribution in [-0.2, 0) is 0 Å². The van der Waals surface area contributed by atoms with Gasteiger partial charge >= 0.3 is 0 Å². The van der Waals surface area contributed by atoms with Crippen molar-refractivity contribution in [3.8, 4) is 44.5 Å². The second-order valence-electron chi connectivity index (χ2n) is 16.0. The molecule has 1 heterocycles. The molecule has 0 saturated heterocycles. The number of para-hydroxylation sites is 1. The summed E-state index contributed by atoms with van der Waals surface area (Å²) in [5.41, 5.74) is 18.8. The molecule has 0 radical (unpaired) electrons. The van der Waals surface area contributed by atoms with E-state index >= 15 is 0 Å². The number of rotatable bonds is 7. The average Bonchev–Trinajstić information content (AvgIpc) is 3.88. The highest BCUT2D eigenvalue weighted by molar-refractivity contribution is 6.22. The molecule has 10 aromatic carbocycles. The van der Waals surface area contributed by atoms with E-state index in [0.717, 1.165) is 39.0 Å². The van der Waals surface area contributed by atoms with Crippen LogP contribution in [0, 0.1) is 0 Å². The predicted molar refractivity (Wildman–Crippen MR) is 255 cm³/mol. The first-order valence-electron chi connectivity index (χ1n) is 21.0. The van der Waals surface area contributed by atoms with Gasteiger partial charge in [0, 0.05) is 33.8 Å². The molecule has 0 amide bonds. The number of nitrogens with zero attached hydrogens (tertiary/aromatic N) is 1. The van der Waals surface area contributed by atoms with Crippen molar-refractivity contribution in [2.45, 2.75) is 5.92 Å². The summed E-state index contributed by atoms with van der Waals surface area (Å²) in [5.74, 6) is 0.183. The largest absolute Gasteiger partial charge is 0.456 e. The van der Waals surface area contributed by atoms with Gasteiger partial charge in [0.1, 0.15) is 11.2 Å². The third-order valence-electron chi connectivity index (χ3n) is 12.6. The number of furan rings is 1. The quantitative estimate of drug-likeness (QED) is 0.160. The Morgan fingerprint density at radius 3 is 1.59 bits per heavy atom. The van der Waals surface area contributed by atoms with Gasteiger partial charge in [-0.2, -0.15) is 0 Å². The molecule has 0 spiro atoms. The van der Waals surface area contributed by atoms with Crippen molar-refractivity contribution in [2.75, 3.05) is 4.90 Å². The zero-order valence-electron chi connectivity index (χ0n) is 33.4. The molecule has 2 nitrogen and oxygen atoms in total. The van der Waals surface area contributed by atoms with Gasteiger partial charge < -0.3 is 9.32 Å². The Bertz CT molecular complexity index is 3390. The number of hydrogen-bond acceptors (Lipinski definition) is 2. The summed E-state index contributed by atoms with van der Waals surface area (Å²) in [6.07, 6.45) is 0. The summed E-state index contributed by atoms with van der Waals surface area (Å²) in [7, 11) is 0. The molecule has 61 heavy (non-hydrogen) atoms. The minimum atomic E-state index is 0.183. The van der Waals surface area contributed by atoms with Crippen molar-refractivity contribution in [2.24, 2.45) is 0 Å². The molecule has 1 aliphatic rings. The fraction of sp³-hybridized carbons (Fsp3) is 0.0169. The molecule has 1 aromatic heterocycles. The van der Waals surface area contributed by atoms with Gasteiger partial charge in [-0.15, -0.1) is 0 Å². The highest BCUT2D eigenvalue weighted by Gasteiger charge is 2.30. The van der Waals surface area contributed by atoms with Crippen molar-refractivity contribution in [1.82, 2.24) is 0 Å². The molecular weight excluding hydrogens is 739 g/mol. The Morgan fingerprint density at radius 1 is 0.311 bits per heavy atom. The Balaban J connectivity index is 0.954. The maximum absolute atomic E-state index is 6.79. The first kappa shape index (κ1) is 35.0. The van der Waals surface area contributed by atoms with E-state index in [1.807, 2.05) is 0 Å². The normalized spacial score (nSPS) is 13.1. The third-order valence-corrected chi connectivity index (χ3v) is 12.6. The van der Waals surface area contributed by atoms with Crippen LogP contribution in [0.4, 0.5) is 17.1 Å². The number of anilines is 3. The topological polar surface area (TPSA) is 16.4 Å². The average molecular weight is 778 g/mol. The molecular formula is C59H39NO. The molecule has 0 aliphatic heterocycles. The smallest absolute Gasteiger partial charge is 0.136 e. The Labute approximate surface area is 355 Å². The van der Waals surface area contributed by atoms with Crippen LogP contribution in [0.2, 0.25) is 0 Å². The van der Waals surface area contributed by atoms with Crippen molar-refractivity contribution in [3.63, 3.8) is 0 Å². The monoisotopic (exact) mass is 777 g/mol. The van der Waals surface area contributed by atoms with E-state index in [-0.39, 0.29) is 5.92 Å². The maximum atomic E-state index is 6.79. The second kappa shape index (κ2) is 14.4. The van der Waals surface area contributed by atoms with E-state index in [2.05, 4.69) is 235 Å². The van der Waals surface area contributed by atoms with E-state index in [9.17, 15) is 0 Å². The van der Waals surface area contributed by atoms with E-state index < -0.39 is 0 Å². The first-order chi connectivity index (χ1) is 30.2. The number of hydrogen-bond donors (Lipinski definition) is 0. The summed E-state index contributed by atoms with van der Waals surface area (Å²) in [5, 5.41) is 4.62. The van der Waals surface area contributed by atoms with Crippen molar-refractivity contribution in [3.05, 3.63) is 247 Å². The molecule has 12 rings (SSSR count). The zero-order chi connectivity index (χ0) is 40.3. The molecule has 1 atom stereocenters. The van der Waals surface area contributed by atoms with E-state index in [0.29, 0.717) is 0 Å². The predicted octanol–water partition coefficient (Wildman–Crippen LogP) is 16.4. The van der Waals surface area contributed by atoms with Gasteiger partial charge in [0.25, 0.3) is 0 Å². The minimum Gasteiger partial charge on any atom is -0.456 e. The van der Waals surface area contributed by atoms with Gasteiger partial charge in [0.15, 0.2) is 0 Å². The molecule has 0 bridgehead atoms. The van der Waals surface area contributed by atoms with Crippen LogP contribution < -0.4 is 4.90 Å². The molecule has 1 unspecified atom stereocenters. The van der Waals surface area contributed by atoms with Crippen LogP contribution in [0.5, 0.6) is 0 Å². The van der Waals surface area contributed by atoms with Gasteiger partial charge in [-0.3, -0.25) is 0 Å². The summed E-state index contributed by atoms with van der Waals surface area (Å²) < 4.78 is 6.79. The molecule has 11 aromatic rings. The zero-order valence-corrected chi connectivity index (χ0v) is 33.4. The van der Waals surface area contributed by atoms with Crippen LogP contribution in [-0.4, -0.2) is 0 Å². The van der Waals surface area contributed by atoms with Gasteiger partial charge in [-0.05, 0) is 127 Å². The van der Waals surface area contributed by atoms with Crippen LogP contribution in [0.1, 0.15) is 22.6 Å². The van der Waals surface area contributed by atoms with E-state index in [1.165, 1.54) is 72.0 Å². The lowest BCUT2D eigenvalue weighted by Crippen LogP contribution is -2.09. The SMILES string of the molecule is c1ccc(-c2ccc(-c3ccc(N(c4ccccc4)c4ccc5oc6cc(-c7ccc8c(c7)C(c7ccccc7)c7ccccc7-8)c7ccccc7c6c5c4)cc3)cc2)cc1. The molecule has 0 fully saturated rings. The van der Waals surface area contributed by atoms with Crippen molar-refractivity contribution < 1.29 is 4.42 Å². The second-order valence-corrected chi connectivity index (χ2v) is 16.0. The summed E-state index contributed by atoms with van der Waals surface area (Å²) in [4.78, 5) is 2.34. The third kappa shape index (κ3) is 5.95. The highest BCUT2D eigenvalue weighted by Crippen LogP contribution is 2.50. The van der Waals surface area contributed by atoms with Crippen molar-refractivity contribution >= 4 is 49.8 Å². The molecule has 1 aliphatic carbocycles. The van der Waals surface area contributed by atoms with Crippen LogP contribution in [0.25, 0.3) is 77.2 Å². The van der Waals surface area contributed by atoms with E-state index in [4.69, 9.17) is 4.42 Å². The van der Waals surface area contributed by atoms with Crippen LogP contribution in [0.15, 0.2) is 235 Å². The number of fused-ring (bicyclic) bond motifs is 8. The molecule has 286 valence electrons. The highest BCUT2D eigenvalue weighted by atomic mass is 16.3. The standard InChI is InChI=1S/C59H39NO/c1-4-14-39(15-5-1)40-24-26-41(27-25-40)42-28-31-46(32-29-42)60(45-18-8-3-9-19-45)47-33-35-56-55(37-47)59-52-23-13-11-21-49(52)53(38-57(59)61-56)44-30-34-50-48-20-10-12-22-51(48)58(54(50)36-44)43-16-6-2-7-17-43/h1-38,58H. The van der Waals surface area contributed by atoms with Gasteiger partial charge in [0.2, 0.25) is 0 Å². The first-order valence-corrected chi connectivity index (χ1v) is 21.0. The lowest BCUT2D eigenvalue weighted by atomic mass is 9.87. The van der Waals surface area contributed by atoms with Crippen molar-refractivity contribution in [1.29, 1.82) is 0 Å². The Morgan fingerprint density at radius 2 is 0.852 bits per heavy atom. The molecule has 0 saturated carbocycles. The van der Waals surface area contributed by atoms with Crippen LogP contribution in [0.3, 0.4) is 0 Å². The number of benzene rings is 10. The lowest BCUT2D eigenvalue weighted by Gasteiger charge is -2.25. The van der Waals surface area contributed by atoms with Crippen LogP contribution >= 0.6 is 0 Å². The van der Waals surface area contributed by atoms with Gasteiger partial charge in [0.05, 0.1) is 0 Å². The summed E-state index contributed by atoms with van der Waals surface area (Å²) in [6.45, 7) is 0. The maximum Gasteiger partial charge on any atom is 0.136 e. The fourth-order valence-electron chi connectivity index (χ4n) is 9.70. The Kier molecular flexibility index (Phi) is 8.28. The van der Waals surface area contributed by atoms with Gasteiger partial charge in [-0.1, -0.05) is 176 Å². The molecule has 0 N–H and O–H groups in total. The summed E-state index contributed by atoms with van der Waals surface area (Å²) in [6, 6.07) is 83.4. The fourth-order valence-corrected chi connectivity index (χ4v) is 9.70. The molecule has 2 heteroatoms. The van der Waals surface area contributed by atoms with E-state index in [1.54, 1.807) is 0 Å². The summed E-state index contributed by atoms with van der Waals surface area (Å²) >= 11 is 0.